The lowest BCUT2D eigenvalue weighted by Crippen LogP contribution is -2.53. The van der Waals surface area contributed by atoms with E-state index in [0.717, 1.165) is 48.7 Å². The van der Waals surface area contributed by atoms with Crippen LogP contribution < -0.4 is 9.62 Å². The fraction of sp³-hybridized carbons (Fsp3) is 0.355. The molecule has 12 heteroatoms. The highest BCUT2D eigenvalue weighted by molar-refractivity contribution is 9.10. The van der Waals surface area contributed by atoms with Crippen LogP contribution in [0.2, 0.25) is 0 Å². The van der Waals surface area contributed by atoms with Crippen molar-refractivity contribution >= 4 is 43.5 Å². The lowest BCUT2D eigenvalue weighted by molar-refractivity contribution is -0.139. The van der Waals surface area contributed by atoms with E-state index in [0.29, 0.717) is 15.9 Å². The number of benzene rings is 3. The van der Waals surface area contributed by atoms with Crippen LogP contribution in [-0.4, -0.2) is 43.8 Å². The lowest BCUT2D eigenvalue weighted by Gasteiger charge is -2.33. The molecule has 0 aromatic heterocycles. The van der Waals surface area contributed by atoms with E-state index in [9.17, 15) is 31.2 Å². The molecule has 3 aromatic rings. The molecule has 7 nitrogen and oxygen atoms in total. The molecule has 1 saturated carbocycles. The summed E-state index contributed by atoms with van der Waals surface area (Å²) in [5.74, 6) is -1.12. The SMILES string of the molecule is C[C@H](C(=O)NC1CCCCC1)N(Cc1ccc(Br)cc1)C(=O)CN(c1cccc(C(F)(F)F)c1)S(=O)(=O)c1ccccc1. The summed E-state index contributed by atoms with van der Waals surface area (Å²) >= 11 is 3.37. The van der Waals surface area contributed by atoms with Crippen LogP contribution in [0.3, 0.4) is 0 Å². The number of anilines is 1. The Morgan fingerprint density at radius 1 is 0.953 bits per heavy atom. The molecule has 43 heavy (non-hydrogen) atoms. The molecule has 0 spiro atoms. The third-order valence-corrected chi connectivity index (χ3v) is 9.77. The lowest BCUT2D eigenvalue weighted by atomic mass is 9.95. The third-order valence-electron chi connectivity index (χ3n) is 7.46. The molecule has 1 aliphatic rings. The predicted molar refractivity (Wildman–Crippen MR) is 162 cm³/mol. The Bertz CT molecular complexity index is 1510. The Balaban J connectivity index is 1.71. The number of hydrogen-bond acceptors (Lipinski definition) is 4. The number of hydrogen-bond donors (Lipinski definition) is 1. The van der Waals surface area contributed by atoms with E-state index in [2.05, 4.69) is 21.2 Å². The summed E-state index contributed by atoms with van der Waals surface area (Å²) in [6, 6.07) is 17.1. The molecular formula is C31H33BrF3N3O4S. The Morgan fingerprint density at radius 2 is 1.60 bits per heavy atom. The number of nitrogens with zero attached hydrogens (tertiary/aromatic N) is 2. The molecule has 1 aliphatic carbocycles. The van der Waals surface area contributed by atoms with Gasteiger partial charge in [-0.3, -0.25) is 13.9 Å². The quantitative estimate of drug-likeness (QED) is 0.264. The van der Waals surface area contributed by atoms with Gasteiger partial charge in [0.1, 0.15) is 12.6 Å². The smallest absolute Gasteiger partial charge is 0.352 e. The molecule has 0 aliphatic heterocycles. The normalized spacial score (nSPS) is 15.0. The predicted octanol–water partition coefficient (Wildman–Crippen LogP) is 6.53. The molecule has 2 amide bonds. The van der Waals surface area contributed by atoms with Gasteiger partial charge < -0.3 is 10.2 Å². The molecule has 0 bridgehead atoms. The van der Waals surface area contributed by atoms with Crippen LogP contribution in [0.4, 0.5) is 18.9 Å². The van der Waals surface area contributed by atoms with E-state index in [1.54, 1.807) is 37.3 Å². The molecule has 0 heterocycles. The van der Waals surface area contributed by atoms with Gasteiger partial charge in [0.2, 0.25) is 11.8 Å². The van der Waals surface area contributed by atoms with E-state index >= 15 is 0 Å². The van der Waals surface area contributed by atoms with Gasteiger partial charge in [-0.2, -0.15) is 13.2 Å². The van der Waals surface area contributed by atoms with Gasteiger partial charge in [-0.15, -0.1) is 0 Å². The number of carbonyl (C=O) groups is 2. The number of carbonyl (C=O) groups excluding carboxylic acids is 2. The van der Waals surface area contributed by atoms with Crippen molar-refractivity contribution in [3.63, 3.8) is 0 Å². The second-order valence-corrected chi connectivity index (χ2v) is 13.3. The molecule has 1 fully saturated rings. The highest BCUT2D eigenvalue weighted by Gasteiger charge is 2.35. The van der Waals surface area contributed by atoms with Gasteiger partial charge in [0.15, 0.2) is 0 Å². The summed E-state index contributed by atoms with van der Waals surface area (Å²) in [5.41, 5.74) is -0.696. The van der Waals surface area contributed by atoms with E-state index < -0.39 is 40.3 Å². The first-order valence-corrected chi connectivity index (χ1v) is 16.2. The van der Waals surface area contributed by atoms with Crippen LogP contribution in [0.1, 0.15) is 50.2 Å². The summed E-state index contributed by atoms with van der Waals surface area (Å²) in [6.45, 7) is 0.721. The zero-order chi connectivity index (χ0) is 31.2. The molecule has 0 unspecified atom stereocenters. The Hall–Kier alpha value is -3.38. The van der Waals surface area contributed by atoms with Crippen LogP contribution in [0.25, 0.3) is 0 Å². The van der Waals surface area contributed by atoms with Crippen molar-refractivity contribution in [1.82, 2.24) is 10.2 Å². The number of alkyl halides is 3. The van der Waals surface area contributed by atoms with Crippen molar-refractivity contribution in [2.45, 2.75) is 68.7 Å². The molecule has 3 aromatic carbocycles. The highest BCUT2D eigenvalue weighted by atomic mass is 79.9. The zero-order valence-electron chi connectivity index (χ0n) is 23.6. The van der Waals surface area contributed by atoms with Crippen molar-refractivity contribution in [2.24, 2.45) is 0 Å². The van der Waals surface area contributed by atoms with Gasteiger partial charge in [0.25, 0.3) is 10.0 Å². The molecule has 0 saturated heterocycles. The average molecular weight is 681 g/mol. The highest BCUT2D eigenvalue weighted by Crippen LogP contribution is 2.33. The second-order valence-electron chi connectivity index (χ2n) is 10.5. The van der Waals surface area contributed by atoms with Gasteiger partial charge in [-0.25, -0.2) is 8.42 Å². The van der Waals surface area contributed by atoms with Crippen molar-refractivity contribution in [1.29, 1.82) is 0 Å². The number of sulfonamides is 1. The maximum atomic E-state index is 14.0. The van der Waals surface area contributed by atoms with Crippen molar-refractivity contribution in [3.05, 3.63) is 94.5 Å². The maximum absolute atomic E-state index is 14.0. The first-order valence-electron chi connectivity index (χ1n) is 14.0. The first-order chi connectivity index (χ1) is 20.4. The number of nitrogens with one attached hydrogen (secondary N) is 1. The second kappa shape index (κ2) is 13.9. The van der Waals surface area contributed by atoms with Crippen molar-refractivity contribution in [2.75, 3.05) is 10.8 Å². The van der Waals surface area contributed by atoms with Crippen LogP contribution in [0.5, 0.6) is 0 Å². The largest absolute Gasteiger partial charge is 0.416 e. The van der Waals surface area contributed by atoms with Crippen molar-refractivity contribution < 1.29 is 31.2 Å². The Kier molecular flexibility index (Phi) is 10.5. The number of halogens is 4. The fourth-order valence-electron chi connectivity index (χ4n) is 5.02. The van der Waals surface area contributed by atoms with Gasteiger partial charge in [0, 0.05) is 17.1 Å². The Morgan fingerprint density at radius 3 is 2.23 bits per heavy atom. The summed E-state index contributed by atoms with van der Waals surface area (Å²) in [5, 5.41) is 3.02. The van der Waals surface area contributed by atoms with Crippen LogP contribution >= 0.6 is 15.9 Å². The molecule has 230 valence electrons. The first kappa shape index (κ1) is 32.5. The Labute approximate surface area is 258 Å². The topological polar surface area (TPSA) is 86.8 Å². The zero-order valence-corrected chi connectivity index (χ0v) is 26.0. The average Bonchev–Trinajstić information content (AvgIpc) is 2.99. The minimum Gasteiger partial charge on any atom is -0.352 e. The summed E-state index contributed by atoms with van der Waals surface area (Å²) in [7, 11) is -4.48. The number of rotatable bonds is 10. The molecule has 1 atom stereocenters. The van der Waals surface area contributed by atoms with E-state index in [1.165, 1.54) is 35.2 Å². The van der Waals surface area contributed by atoms with Crippen LogP contribution in [0.15, 0.2) is 88.2 Å². The molecule has 0 radical (unpaired) electrons. The van der Waals surface area contributed by atoms with Gasteiger partial charge in [0.05, 0.1) is 16.1 Å². The monoisotopic (exact) mass is 679 g/mol. The summed E-state index contributed by atoms with van der Waals surface area (Å²) in [6.07, 6.45) is 0.00272. The maximum Gasteiger partial charge on any atom is 0.416 e. The summed E-state index contributed by atoms with van der Waals surface area (Å²) in [4.78, 5) is 28.4. The van der Waals surface area contributed by atoms with Crippen LogP contribution in [0, 0.1) is 0 Å². The van der Waals surface area contributed by atoms with Gasteiger partial charge in [-0.05, 0) is 67.8 Å². The fourth-order valence-corrected chi connectivity index (χ4v) is 6.72. The summed E-state index contributed by atoms with van der Waals surface area (Å²) < 4.78 is 69.9. The molecule has 4 rings (SSSR count). The molecular weight excluding hydrogens is 647 g/mol. The van der Waals surface area contributed by atoms with E-state index in [-0.39, 0.29) is 29.1 Å². The van der Waals surface area contributed by atoms with Crippen molar-refractivity contribution in [3.8, 4) is 0 Å². The number of amides is 2. The van der Waals surface area contributed by atoms with E-state index in [4.69, 9.17) is 0 Å². The van der Waals surface area contributed by atoms with Gasteiger partial charge >= 0.3 is 6.18 Å². The third kappa shape index (κ3) is 8.38. The van der Waals surface area contributed by atoms with Crippen LogP contribution in [-0.2, 0) is 32.3 Å². The minimum absolute atomic E-state index is 0.0200. The van der Waals surface area contributed by atoms with Gasteiger partial charge in [-0.1, -0.05) is 71.6 Å². The minimum atomic E-state index is -4.73. The standard InChI is InChI=1S/C31H33BrF3N3O4S/c1-22(30(40)36-26-10-4-2-5-11-26)37(20-23-15-17-25(32)18-16-23)29(39)21-38(43(41,42)28-13-6-3-7-14-28)27-12-8-9-24(19-27)31(33,34)35/h3,6-9,12-19,22,26H,2,4-5,10-11,20-21H2,1H3,(H,36,40)/t22-/m1/s1. The molecule has 1 N–H and O–H groups in total. The van der Waals surface area contributed by atoms with E-state index in [1.807, 2.05) is 0 Å².